The Morgan fingerprint density at radius 1 is 1.28 bits per heavy atom. The summed E-state index contributed by atoms with van der Waals surface area (Å²) in [6.45, 7) is 15.9. The Morgan fingerprint density at radius 3 is 2.44 bits per heavy atom. The van der Waals surface area contributed by atoms with Gasteiger partial charge in [-0.15, -0.1) is 0 Å². The summed E-state index contributed by atoms with van der Waals surface area (Å²) in [5.41, 5.74) is 3.03. The number of likely N-dealkylation sites (N-methyl/N-ethyl adjacent to an activating group) is 1. The first-order chi connectivity index (χ1) is 8.69. The zero-order valence-electron chi connectivity index (χ0n) is 12.1. The Balaban J connectivity index is 1.76. The molecule has 102 valence electrons. The van der Waals surface area contributed by atoms with E-state index in [1.165, 1.54) is 64.1 Å². The van der Waals surface area contributed by atoms with Crippen LogP contribution in [0.2, 0.25) is 0 Å². The molecule has 1 aliphatic heterocycles. The van der Waals surface area contributed by atoms with Crippen LogP contribution in [-0.4, -0.2) is 49.1 Å². The second-order valence-electron chi connectivity index (χ2n) is 5.89. The molecule has 0 amide bonds. The molecule has 1 aliphatic carbocycles. The van der Waals surface area contributed by atoms with E-state index in [2.05, 4.69) is 36.3 Å². The first-order valence-electron chi connectivity index (χ1n) is 7.47. The predicted octanol–water partition coefficient (Wildman–Crippen LogP) is 2.93. The Labute approximate surface area is 112 Å². The van der Waals surface area contributed by atoms with Crippen molar-refractivity contribution in [2.24, 2.45) is 5.92 Å². The fourth-order valence-corrected chi connectivity index (χ4v) is 3.03. The number of nitrogens with zero attached hydrogens (tertiary/aromatic N) is 2. The van der Waals surface area contributed by atoms with Crippen molar-refractivity contribution in [1.29, 1.82) is 0 Å². The van der Waals surface area contributed by atoms with E-state index in [0.717, 1.165) is 5.92 Å². The highest BCUT2D eigenvalue weighted by atomic mass is 15.3. The maximum absolute atomic E-state index is 4.09. The topological polar surface area (TPSA) is 6.48 Å². The van der Waals surface area contributed by atoms with E-state index >= 15 is 0 Å². The molecule has 0 aromatic carbocycles. The third kappa shape index (κ3) is 3.69. The van der Waals surface area contributed by atoms with Crippen LogP contribution in [0.5, 0.6) is 0 Å². The van der Waals surface area contributed by atoms with Crippen molar-refractivity contribution < 1.29 is 0 Å². The predicted molar refractivity (Wildman–Crippen MR) is 78.8 cm³/mol. The first-order valence-corrected chi connectivity index (χ1v) is 7.47. The Kier molecular flexibility index (Phi) is 5.02. The van der Waals surface area contributed by atoms with E-state index in [-0.39, 0.29) is 0 Å². The minimum atomic E-state index is 0.741. The average Bonchev–Trinajstić information content (AvgIpc) is 2.40. The highest BCUT2D eigenvalue weighted by Gasteiger charge is 2.19. The zero-order chi connectivity index (χ0) is 13.0. The number of hydrogen-bond donors (Lipinski definition) is 0. The van der Waals surface area contributed by atoms with Crippen LogP contribution >= 0.6 is 0 Å². The minimum absolute atomic E-state index is 0.741. The number of rotatable bonds is 4. The molecule has 2 heteroatoms. The van der Waals surface area contributed by atoms with E-state index in [9.17, 15) is 0 Å². The molecule has 2 aliphatic rings. The third-order valence-electron chi connectivity index (χ3n) is 4.54. The molecule has 1 saturated heterocycles. The van der Waals surface area contributed by atoms with Crippen molar-refractivity contribution in [3.63, 3.8) is 0 Å². The van der Waals surface area contributed by atoms with Crippen molar-refractivity contribution in [3.8, 4) is 0 Å². The van der Waals surface area contributed by atoms with Gasteiger partial charge in [0.15, 0.2) is 0 Å². The molecule has 2 rings (SSSR count). The summed E-state index contributed by atoms with van der Waals surface area (Å²) < 4.78 is 0. The van der Waals surface area contributed by atoms with Crippen LogP contribution in [0.4, 0.5) is 0 Å². The molecule has 0 N–H and O–H groups in total. The average molecular weight is 248 g/mol. The lowest BCUT2D eigenvalue weighted by Gasteiger charge is -2.35. The Bertz CT molecular complexity index is 311. The van der Waals surface area contributed by atoms with Crippen LogP contribution in [0.3, 0.4) is 0 Å². The summed E-state index contributed by atoms with van der Waals surface area (Å²) >= 11 is 0. The molecular weight excluding hydrogens is 220 g/mol. The van der Waals surface area contributed by atoms with Gasteiger partial charge in [-0.1, -0.05) is 30.7 Å². The lowest BCUT2D eigenvalue weighted by atomic mass is 9.85. The second kappa shape index (κ2) is 6.53. The first kappa shape index (κ1) is 13.8. The van der Waals surface area contributed by atoms with Crippen molar-refractivity contribution in [3.05, 3.63) is 23.8 Å². The van der Waals surface area contributed by atoms with Gasteiger partial charge in [-0.2, -0.15) is 0 Å². The van der Waals surface area contributed by atoms with Gasteiger partial charge >= 0.3 is 0 Å². The maximum atomic E-state index is 4.09. The molecule has 0 aromatic rings. The summed E-state index contributed by atoms with van der Waals surface area (Å²) in [5, 5.41) is 0. The van der Waals surface area contributed by atoms with Gasteiger partial charge in [-0.05, 0) is 38.6 Å². The summed E-state index contributed by atoms with van der Waals surface area (Å²) in [6.07, 6.45) is 6.30. The molecule has 18 heavy (non-hydrogen) atoms. The van der Waals surface area contributed by atoms with Gasteiger partial charge in [-0.25, -0.2) is 0 Å². The lowest BCUT2D eigenvalue weighted by molar-refractivity contribution is 0.144. The number of piperazine rings is 1. The molecule has 0 aromatic heterocycles. The van der Waals surface area contributed by atoms with Gasteiger partial charge in [0.2, 0.25) is 0 Å². The highest BCUT2D eigenvalue weighted by molar-refractivity contribution is 5.13. The van der Waals surface area contributed by atoms with Crippen LogP contribution in [-0.2, 0) is 0 Å². The normalized spacial score (nSPS) is 27.0. The van der Waals surface area contributed by atoms with Gasteiger partial charge in [0.25, 0.3) is 0 Å². The molecule has 2 nitrogen and oxygen atoms in total. The van der Waals surface area contributed by atoms with E-state index in [0.29, 0.717) is 0 Å². The van der Waals surface area contributed by atoms with Crippen molar-refractivity contribution in [2.75, 3.05) is 39.3 Å². The van der Waals surface area contributed by atoms with E-state index in [1.54, 1.807) is 5.57 Å². The molecule has 0 saturated carbocycles. The minimum Gasteiger partial charge on any atom is -0.301 e. The molecular formula is C16H28N2. The molecule has 1 atom stereocenters. The van der Waals surface area contributed by atoms with E-state index < -0.39 is 0 Å². The van der Waals surface area contributed by atoms with Crippen LogP contribution in [0.1, 0.15) is 33.1 Å². The SMILES string of the molecule is C=C(C)[C@H]1CC=C(CN2CCN(CC)CC2)CC1. The third-order valence-corrected chi connectivity index (χ3v) is 4.54. The van der Waals surface area contributed by atoms with Crippen molar-refractivity contribution in [1.82, 2.24) is 9.80 Å². The van der Waals surface area contributed by atoms with E-state index in [4.69, 9.17) is 0 Å². The molecule has 0 radical (unpaired) electrons. The lowest BCUT2D eigenvalue weighted by Crippen LogP contribution is -2.46. The van der Waals surface area contributed by atoms with E-state index in [1.807, 2.05) is 0 Å². The number of hydrogen-bond acceptors (Lipinski definition) is 2. The fourth-order valence-electron chi connectivity index (χ4n) is 3.03. The Morgan fingerprint density at radius 2 is 1.94 bits per heavy atom. The van der Waals surface area contributed by atoms with Gasteiger partial charge < -0.3 is 4.90 Å². The molecule has 0 unspecified atom stereocenters. The molecule has 1 fully saturated rings. The monoisotopic (exact) mass is 248 g/mol. The van der Waals surface area contributed by atoms with Crippen LogP contribution < -0.4 is 0 Å². The van der Waals surface area contributed by atoms with Crippen molar-refractivity contribution >= 4 is 0 Å². The van der Waals surface area contributed by atoms with Crippen molar-refractivity contribution in [2.45, 2.75) is 33.1 Å². The summed E-state index contributed by atoms with van der Waals surface area (Å²) in [7, 11) is 0. The number of allylic oxidation sites excluding steroid dienone is 2. The Hall–Kier alpha value is -0.600. The second-order valence-corrected chi connectivity index (χ2v) is 5.89. The summed E-state index contributed by atoms with van der Waals surface area (Å²) in [4.78, 5) is 5.17. The summed E-state index contributed by atoms with van der Waals surface area (Å²) in [5.74, 6) is 0.741. The standard InChI is InChI=1S/C16H28N2/c1-4-17-9-11-18(12-10-17)13-15-5-7-16(8-6-15)14(2)3/h5,16H,2,4,6-13H2,1,3H3/t16-/m0/s1. The maximum Gasteiger partial charge on any atom is 0.0193 e. The summed E-state index contributed by atoms with van der Waals surface area (Å²) in [6, 6.07) is 0. The van der Waals surface area contributed by atoms with Gasteiger partial charge in [-0.3, -0.25) is 4.90 Å². The van der Waals surface area contributed by atoms with Gasteiger partial charge in [0, 0.05) is 32.7 Å². The molecule has 0 bridgehead atoms. The molecule has 1 heterocycles. The smallest absolute Gasteiger partial charge is 0.0193 e. The van der Waals surface area contributed by atoms with Gasteiger partial charge in [0.1, 0.15) is 0 Å². The largest absolute Gasteiger partial charge is 0.301 e. The van der Waals surface area contributed by atoms with Crippen LogP contribution in [0.15, 0.2) is 23.8 Å². The fraction of sp³-hybridized carbons (Fsp3) is 0.750. The molecule has 0 spiro atoms. The van der Waals surface area contributed by atoms with Gasteiger partial charge in [0.05, 0.1) is 0 Å². The highest BCUT2D eigenvalue weighted by Crippen LogP contribution is 2.28. The van der Waals surface area contributed by atoms with Crippen LogP contribution in [0.25, 0.3) is 0 Å². The van der Waals surface area contributed by atoms with Crippen LogP contribution in [0, 0.1) is 5.92 Å². The quantitative estimate of drug-likeness (QED) is 0.706. The zero-order valence-corrected chi connectivity index (χ0v) is 12.1.